The molecule has 3 heteroatoms. The lowest BCUT2D eigenvalue weighted by Crippen LogP contribution is -2.14. The molecular weight excluding hydrogens is 805 g/mol. The van der Waals surface area contributed by atoms with Crippen molar-refractivity contribution >= 4 is 45.7 Å². The third-order valence-corrected chi connectivity index (χ3v) is 15.5. The van der Waals surface area contributed by atoms with Crippen molar-refractivity contribution in [3.05, 3.63) is 227 Å². The van der Waals surface area contributed by atoms with Crippen molar-refractivity contribution < 1.29 is 0 Å². The third-order valence-electron chi connectivity index (χ3n) is 14.4. The van der Waals surface area contributed by atoms with Gasteiger partial charge in [-0.3, -0.25) is 0 Å². The average molecular weight is 855 g/mol. The minimum absolute atomic E-state index is 0.0848. The summed E-state index contributed by atoms with van der Waals surface area (Å²) in [6, 6.07) is 65.8. The van der Waals surface area contributed by atoms with Crippen LogP contribution in [0.2, 0.25) is 0 Å². The highest BCUT2D eigenvalue weighted by Gasteiger charge is 2.36. The first-order valence-electron chi connectivity index (χ1n) is 23.0. The van der Waals surface area contributed by atoms with Crippen molar-refractivity contribution in [3.8, 4) is 50.2 Å². The third kappa shape index (κ3) is 6.47. The molecule has 0 N–H and O–H groups in total. The first kappa shape index (κ1) is 39.5. The summed E-state index contributed by atoms with van der Waals surface area (Å²) < 4.78 is 2.55. The molecule has 1 aromatic heterocycles. The van der Waals surface area contributed by atoms with E-state index in [0.29, 0.717) is 0 Å². The summed E-state index contributed by atoms with van der Waals surface area (Å²) in [7, 11) is 2.17. The Bertz CT molecular complexity index is 3430. The lowest BCUT2D eigenvalue weighted by atomic mass is 9.81. The summed E-state index contributed by atoms with van der Waals surface area (Å²) >= 11 is 2.01. The molecule has 2 heterocycles. The number of nitrogens with zero attached hydrogens (tertiary/aromatic N) is 2. The van der Waals surface area contributed by atoms with Gasteiger partial charge in [0, 0.05) is 51.1 Å². The van der Waals surface area contributed by atoms with E-state index in [2.05, 4.69) is 231 Å². The molecule has 0 radical (unpaired) electrons. The van der Waals surface area contributed by atoms with Gasteiger partial charge in [-0.15, -0.1) is 11.8 Å². The molecule has 12 rings (SSSR count). The molecule has 0 atom stereocenters. The van der Waals surface area contributed by atoms with E-state index in [-0.39, 0.29) is 5.41 Å². The molecule has 2 aliphatic carbocycles. The Kier molecular flexibility index (Phi) is 9.47. The van der Waals surface area contributed by atoms with Crippen LogP contribution in [0.15, 0.2) is 193 Å². The smallest absolute Gasteiger partial charge is 0.0537 e. The van der Waals surface area contributed by atoms with Crippen LogP contribution in [0.25, 0.3) is 72.7 Å². The van der Waals surface area contributed by atoms with Crippen molar-refractivity contribution in [2.24, 2.45) is 0 Å². The van der Waals surface area contributed by atoms with Gasteiger partial charge in [0.25, 0.3) is 0 Å². The molecule has 0 saturated carbocycles. The summed E-state index contributed by atoms with van der Waals surface area (Å²) in [6.45, 7) is 7.00. The quantitative estimate of drug-likeness (QED) is 0.165. The van der Waals surface area contributed by atoms with E-state index in [1.54, 1.807) is 0 Å². The van der Waals surface area contributed by atoms with Crippen molar-refractivity contribution in [1.29, 1.82) is 0 Å². The van der Waals surface area contributed by atoms with Gasteiger partial charge in [0.2, 0.25) is 0 Å². The predicted molar refractivity (Wildman–Crippen MR) is 278 cm³/mol. The SMILES string of the molecule is Cc1ccccc1-c1cc(C2=CCc3c(n(-c4cc(-c5ccc6c(c5)C(C)(C)c5ccccc5-6)c5c(c4)-c4ccccc4CCS5)c4ccccc34)C=C2)ccc1N(C)c1ccccc1. The molecule has 0 bridgehead atoms. The highest BCUT2D eigenvalue weighted by atomic mass is 32.2. The van der Waals surface area contributed by atoms with E-state index in [0.717, 1.165) is 24.3 Å². The second kappa shape index (κ2) is 15.6. The first-order valence-corrected chi connectivity index (χ1v) is 24.0. The number of aromatic nitrogens is 1. The lowest BCUT2D eigenvalue weighted by Gasteiger charge is -2.24. The van der Waals surface area contributed by atoms with Gasteiger partial charge >= 0.3 is 0 Å². The van der Waals surface area contributed by atoms with Gasteiger partial charge < -0.3 is 9.47 Å². The van der Waals surface area contributed by atoms with Crippen LogP contribution in [0.1, 0.15) is 52.9 Å². The number of hydrogen-bond acceptors (Lipinski definition) is 2. The largest absolute Gasteiger partial charge is 0.344 e. The number of thioether (sulfide) groups is 1. The van der Waals surface area contributed by atoms with Crippen molar-refractivity contribution in [2.45, 2.75) is 43.9 Å². The van der Waals surface area contributed by atoms with E-state index in [1.807, 2.05) is 11.8 Å². The molecule has 65 heavy (non-hydrogen) atoms. The Hall–Kier alpha value is -7.07. The molecule has 0 fully saturated rings. The van der Waals surface area contributed by atoms with Crippen LogP contribution in [0.5, 0.6) is 0 Å². The van der Waals surface area contributed by atoms with Crippen molar-refractivity contribution in [3.63, 3.8) is 0 Å². The average Bonchev–Trinajstić information content (AvgIpc) is 3.54. The zero-order valence-electron chi connectivity index (χ0n) is 37.4. The van der Waals surface area contributed by atoms with Gasteiger partial charge in [0.15, 0.2) is 0 Å². The van der Waals surface area contributed by atoms with E-state index >= 15 is 0 Å². The highest BCUT2D eigenvalue weighted by Crippen LogP contribution is 2.52. The molecule has 0 spiro atoms. The molecule has 2 nitrogen and oxygen atoms in total. The second-order valence-corrected chi connectivity index (χ2v) is 19.5. The lowest BCUT2D eigenvalue weighted by molar-refractivity contribution is 0.660. The summed E-state index contributed by atoms with van der Waals surface area (Å²) in [5.41, 5.74) is 25.7. The van der Waals surface area contributed by atoms with E-state index in [4.69, 9.17) is 0 Å². The zero-order chi connectivity index (χ0) is 43.8. The number of para-hydroxylation sites is 2. The Morgan fingerprint density at radius 1 is 0.569 bits per heavy atom. The Morgan fingerprint density at radius 3 is 2.14 bits per heavy atom. The minimum atomic E-state index is -0.0848. The Balaban J connectivity index is 1.02. The Labute approximate surface area is 387 Å². The minimum Gasteiger partial charge on any atom is -0.344 e. The zero-order valence-corrected chi connectivity index (χ0v) is 38.2. The molecule has 3 aliphatic rings. The van der Waals surface area contributed by atoms with Crippen LogP contribution in [0.4, 0.5) is 11.4 Å². The van der Waals surface area contributed by atoms with Gasteiger partial charge in [-0.05, 0) is 152 Å². The Morgan fingerprint density at radius 2 is 1.28 bits per heavy atom. The van der Waals surface area contributed by atoms with Crippen LogP contribution < -0.4 is 4.90 Å². The fraction of sp³-hybridized carbons (Fsp3) is 0.129. The molecule has 0 unspecified atom stereocenters. The number of hydrogen-bond donors (Lipinski definition) is 0. The predicted octanol–water partition coefficient (Wildman–Crippen LogP) is 16.3. The van der Waals surface area contributed by atoms with Crippen LogP contribution in [-0.4, -0.2) is 17.4 Å². The van der Waals surface area contributed by atoms with Gasteiger partial charge in [0.1, 0.15) is 0 Å². The topological polar surface area (TPSA) is 8.17 Å². The maximum Gasteiger partial charge on any atom is 0.0537 e. The number of fused-ring (bicyclic) bond motifs is 9. The number of benzene rings is 8. The molecule has 8 aromatic carbocycles. The molecular formula is C62H50N2S. The number of anilines is 2. The van der Waals surface area contributed by atoms with Crippen LogP contribution >= 0.6 is 11.8 Å². The van der Waals surface area contributed by atoms with Gasteiger partial charge in [-0.2, -0.15) is 0 Å². The first-order chi connectivity index (χ1) is 31.8. The number of allylic oxidation sites excluding steroid dienone is 3. The van der Waals surface area contributed by atoms with E-state index in [1.165, 1.54) is 116 Å². The monoisotopic (exact) mass is 854 g/mol. The maximum absolute atomic E-state index is 2.55. The van der Waals surface area contributed by atoms with E-state index < -0.39 is 0 Å². The molecule has 9 aromatic rings. The van der Waals surface area contributed by atoms with Gasteiger partial charge in [-0.25, -0.2) is 0 Å². The van der Waals surface area contributed by atoms with E-state index in [9.17, 15) is 0 Å². The van der Waals surface area contributed by atoms with Crippen molar-refractivity contribution in [2.75, 3.05) is 17.7 Å². The molecule has 0 amide bonds. The second-order valence-electron chi connectivity index (χ2n) is 18.4. The molecule has 1 aliphatic heterocycles. The molecule has 314 valence electrons. The number of aryl methyl sites for hydroxylation is 2. The van der Waals surface area contributed by atoms with Crippen LogP contribution in [-0.2, 0) is 18.3 Å². The standard InChI is InChI=1S/C62H50N2S/c1-40-16-8-10-20-47(40)54-36-43(29-32-58(54)63(4)45-18-6-5-7-19-45)41-26-31-52-51-23-13-15-25-59(51)64(60(52)33-28-41)46-38-53(61-55(39-46)48-21-11-9-17-42(48)34-35-65-61)44-27-30-50-49-22-12-14-24-56(49)62(2,3)57(50)37-44/h5-30,32-33,36-39H,31,34-35H2,1-4H3. The molecule has 0 saturated heterocycles. The summed E-state index contributed by atoms with van der Waals surface area (Å²) in [5, 5.41) is 1.30. The summed E-state index contributed by atoms with van der Waals surface area (Å²) in [6.07, 6.45) is 9.05. The van der Waals surface area contributed by atoms with Gasteiger partial charge in [0.05, 0.1) is 11.2 Å². The highest BCUT2D eigenvalue weighted by molar-refractivity contribution is 7.99. The van der Waals surface area contributed by atoms with Crippen LogP contribution in [0.3, 0.4) is 0 Å². The fourth-order valence-electron chi connectivity index (χ4n) is 11.0. The maximum atomic E-state index is 2.55. The summed E-state index contributed by atoms with van der Waals surface area (Å²) in [4.78, 5) is 3.68. The number of rotatable bonds is 6. The fourth-order valence-corrected chi connectivity index (χ4v) is 12.2. The van der Waals surface area contributed by atoms with Crippen LogP contribution in [0, 0.1) is 6.92 Å². The normalized spacial score (nSPS) is 14.4. The van der Waals surface area contributed by atoms with Crippen molar-refractivity contribution in [1.82, 2.24) is 4.57 Å². The summed E-state index contributed by atoms with van der Waals surface area (Å²) in [5.74, 6) is 1.05. The van der Waals surface area contributed by atoms with Gasteiger partial charge in [-0.1, -0.05) is 153 Å².